The van der Waals surface area contributed by atoms with Crippen LogP contribution in [0.2, 0.25) is 0 Å². The molecule has 31 heavy (non-hydrogen) atoms. The smallest absolute Gasteiger partial charge is 0.262 e. The van der Waals surface area contributed by atoms with Crippen LogP contribution < -0.4 is 18.9 Å². The molecule has 3 aromatic rings. The number of anilines is 2. The number of sulfonamides is 2. The molecule has 0 aliphatic carbocycles. The number of methoxy groups -OCH3 is 2. The molecule has 3 rings (SSSR count). The minimum absolute atomic E-state index is 0.0953. The molecule has 0 bridgehead atoms. The van der Waals surface area contributed by atoms with Gasteiger partial charge in [-0.15, -0.1) is 0 Å². The Hall–Kier alpha value is -3.31. The molecular formula is C20H19FN2O6S2. The first-order valence-corrected chi connectivity index (χ1v) is 11.7. The van der Waals surface area contributed by atoms with Crippen LogP contribution >= 0.6 is 0 Å². The van der Waals surface area contributed by atoms with Crippen LogP contribution in [-0.2, 0) is 20.0 Å². The summed E-state index contributed by atoms with van der Waals surface area (Å²) in [5, 5.41) is 0. The summed E-state index contributed by atoms with van der Waals surface area (Å²) < 4.78 is 78.2. The van der Waals surface area contributed by atoms with Crippen LogP contribution in [0.4, 0.5) is 15.8 Å². The van der Waals surface area contributed by atoms with E-state index in [1.165, 1.54) is 44.6 Å². The van der Waals surface area contributed by atoms with Gasteiger partial charge >= 0.3 is 0 Å². The van der Waals surface area contributed by atoms with Gasteiger partial charge in [-0.25, -0.2) is 21.2 Å². The maximum Gasteiger partial charge on any atom is 0.262 e. The van der Waals surface area contributed by atoms with Crippen LogP contribution in [-0.4, -0.2) is 31.1 Å². The van der Waals surface area contributed by atoms with Gasteiger partial charge in [0.15, 0.2) is 0 Å². The second kappa shape index (κ2) is 8.82. The van der Waals surface area contributed by atoms with Crippen LogP contribution in [0.25, 0.3) is 0 Å². The Labute approximate surface area is 179 Å². The first kappa shape index (κ1) is 22.4. The Morgan fingerprint density at radius 1 is 0.710 bits per heavy atom. The number of nitrogens with one attached hydrogen (secondary N) is 2. The number of rotatable bonds is 8. The third-order valence-corrected chi connectivity index (χ3v) is 6.97. The highest BCUT2D eigenvalue weighted by Gasteiger charge is 2.19. The molecule has 0 aliphatic rings. The maximum atomic E-state index is 13.0. The van der Waals surface area contributed by atoms with Gasteiger partial charge in [0, 0.05) is 11.8 Å². The summed E-state index contributed by atoms with van der Waals surface area (Å²) in [4.78, 5) is -0.223. The molecule has 0 heterocycles. The summed E-state index contributed by atoms with van der Waals surface area (Å²) in [7, 11) is -5.09. The van der Waals surface area contributed by atoms with E-state index in [0.29, 0.717) is 11.5 Å². The molecule has 0 saturated carbocycles. The minimum atomic E-state index is -3.99. The van der Waals surface area contributed by atoms with Gasteiger partial charge < -0.3 is 9.47 Å². The summed E-state index contributed by atoms with van der Waals surface area (Å²) in [6.07, 6.45) is 0. The summed E-state index contributed by atoms with van der Waals surface area (Å²) >= 11 is 0. The lowest BCUT2D eigenvalue weighted by molar-refractivity contribution is 0.405. The minimum Gasteiger partial charge on any atom is -0.497 e. The van der Waals surface area contributed by atoms with Crippen molar-refractivity contribution < 1.29 is 30.7 Å². The van der Waals surface area contributed by atoms with Crippen LogP contribution in [0.1, 0.15) is 0 Å². The predicted octanol–water partition coefficient (Wildman–Crippen LogP) is 3.44. The van der Waals surface area contributed by atoms with E-state index in [4.69, 9.17) is 9.47 Å². The quantitative estimate of drug-likeness (QED) is 0.526. The molecule has 8 nitrogen and oxygen atoms in total. The predicted molar refractivity (Wildman–Crippen MR) is 114 cm³/mol. The van der Waals surface area contributed by atoms with E-state index in [1.54, 1.807) is 12.1 Å². The van der Waals surface area contributed by atoms with Gasteiger partial charge in [-0.05, 0) is 60.7 Å². The van der Waals surface area contributed by atoms with E-state index < -0.39 is 25.9 Å². The molecule has 0 atom stereocenters. The van der Waals surface area contributed by atoms with Crippen molar-refractivity contribution >= 4 is 31.4 Å². The largest absolute Gasteiger partial charge is 0.497 e. The molecular weight excluding hydrogens is 447 g/mol. The van der Waals surface area contributed by atoms with Crippen molar-refractivity contribution in [2.45, 2.75) is 9.79 Å². The molecule has 0 fully saturated rings. The molecule has 0 aliphatic heterocycles. The molecule has 164 valence electrons. The van der Waals surface area contributed by atoms with Crippen molar-refractivity contribution in [2.75, 3.05) is 23.7 Å². The fourth-order valence-corrected chi connectivity index (χ4v) is 4.75. The molecule has 0 spiro atoms. The van der Waals surface area contributed by atoms with Crippen LogP contribution in [0, 0.1) is 5.82 Å². The Morgan fingerprint density at radius 2 is 1.26 bits per heavy atom. The van der Waals surface area contributed by atoms with Crippen molar-refractivity contribution in [3.8, 4) is 11.5 Å². The lowest BCUT2D eigenvalue weighted by atomic mass is 10.3. The van der Waals surface area contributed by atoms with Crippen molar-refractivity contribution in [2.24, 2.45) is 0 Å². The third kappa shape index (κ3) is 5.25. The second-order valence-electron chi connectivity index (χ2n) is 6.26. The zero-order valence-electron chi connectivity index (χ0n) is 16.5. The fourth-order valence-electron chi connectivity index (χ4n) is 2.63. The molecule has 11 heteroatoms. The molecule has 2 N–H and O–H groups in total. The third-order valence-electron chi connectivity index (χ3n) is 4.19. The van der Waals surface area contributed by atoms with E-state index in [-0.39, 0.29) is 21.2 Å². The van der Waals surface area contributed by atoms with Crippen LogP contribution in [0.15, 0.2) is 76.5 Å². The number of halogens is 1. The Bertz CT molecular complexity index is 1280. The molecule has 3 aromatic carbocycles. The summed E-state index contributed by atoms with van der Waals surface area (Å²) in [5.41, 5.74) is 0.324. The van der Waals surface area contributed by atoms with Gasteiger partial charge in [-0.2, -0.15) is 0 Å². The average molecular weight is 467 g/mol. The van der Waals surface area contributed by atoms with Crippen molar-refractivity contribution in [3.63, 3.8) is 0 Å². The Morgan fingerprint density at radius 3 is 1.81 bits per heavy atom. The molecule has 0 radical (unpaired) electrons. The highest BCUT2D eigenvalue weighted by Crippen LogP contribution is 2.31. The van der Waals surface area contributed by atoms with Gasteiger partial charge in [0.25, 0.3) is 20.0 Å². The lowest BCUT2D eigenvalue weighted by Crippen LogP contribution is -2.15. The molecule has 0 saturated heterocycles. The van der Waals surface area contributed by atoms with E-state index in [0.717, 1.165) is 24.3 Å². The van der Waals surface area contributed by atoms with E-state index in [1.807, 2.05) is 0 Å². The van der Waals surface area contributed by atoms with E-state index >= 15 is 0 Å². The van der Waals surface area contributed by atoms with Crippen molar-refractivity contribution in [1.82, 2.24) is 0 Å². The van der Waals surface area contributed by atoms with Crippen LogP contribution in [0.5, 0.6) is 11.5 Å². The average Bonchev–Trinajstić information content (AvgIpc) is 2.74. The van der Waals surface area contributed by atoms with Crippen molar-refractivity contribution in [3.05, 3.63) is 72.5 Å². The van der Waals surface area contributed by atoms with Gasteiger partial charge in [0.2, 0.25) is 0 Å². The van der Waals surface area contributed by atoms with Gasteiger partial charge in [-0.1, -0.05) is 0 Å². The first-order valence-electron chi connectivity index (χ1n) is 8.78. The van der Waals surface area contributed by atoms with Gasteiger partial charge in [-0.3, -0.25) is 9.44 Å². The second-order valence-corrected chi connectivity index (χ2v) is 9.62. The van der Waals surface area contributed by atoms with E-state index in [2.05, 4.69) is 9.44 Å². The monoisotopic (exact) mass is 466 g/mol. The summed E-state index contributed by atoms with van der Waals surface area (Å²) in [5.74, 6) is 0.172. The standard InChI is InChI=1S/C20H19FN2O6S2/c1-28-16-7-12-20(29-2)19(13-16)23-31(26,27)18-10-5-15(6-11-18)22-30(24,25)17-8-3-14(21)4-9-17/h3-13,22-23H,1-2H3. The SMILES string of the molecule is COc1ccc(OC)c(NS(=O)(=O)c2ccc(NS(=O)(=O)c3ccc(F)cc3)cc2)c1. The number of benzene rings is 3. The van der Waals surface area contributed by atoms with Crippen molar-refractivity contribution in [1.29, 1.82) is 0 Å². The number of ether oxygens (including phenoxy) is 2. The first-order chi connectivity index (χ1) is 14.6. The highest BCUT2D eigenvalue weighted by atomic mass is 32.2. The Kier molecular flexibility index (Phi) is 6.37. The summed E-state index contributed by atoms with van der Waals surface area (Å²) in [6, 6.07) is 14.1. The van der Waals surface area contributed by atoms with Gasteiger partial charge in [0.05, 0.1) is 29.7 Å². The normalized spacial score (nSPS) is 11.6. The van der Waals surface area contributed by atoms with Crippen LogP contribution in [0.3, 0.4) is 0 Å². The molecule has 0 amide bonds. The van der Waals surface area contributed by atoms with E-state index in [9.17, 15) is 21.2 Å². The summed E-state index contributed by atoms with van der Waals surface area (Å²) in [6.45, 7) is 0. The molecule has 0 aromatic heterocycles. The zero-order valence-corrected chi connectivity index (χ0v) is 18.1. The topological polar surface area (TPSA) is 111 Å². The molecule has 0 unspecified atom stereocenters. The lowest BCUT2D eigenvalue weighted by Gasteiger charge is -2.13. The zero-order chi connectivity index (χ0) is 22.6. The Balaban J connectivity index is 1.81. The number of hydrogen-bond donors (Lipinski definition) is 2. The fraction of sp³-hybridized carbons (Fsp3) is 0.100. The number of hydrogen-bond acceptors (Lipinski definition) is 6. The maximum absolute atomic E-state index is 13.0. The van der Waals surface area contributed by atoms with Gasteiger partial charge in [0.1, 0.15) is 17.3 Å². The highest BCUT2D eigenvalue weighted by molar-refractivity contribution is 7.93.